The topological polar surface area (TPSA) is 55.8 Å². The van der Waals surface area contributed by atoms with Gasteiger partial charge in [0, 0.05) is 17.6 Å². The Morgan fingerprint density at radius 1 is 1.04 bits per heavy atom. The van der Waals surface area contributed by atoms with Crippen LogP contribution in [0.4, 0.5) is 0 Å². The minimum atomic E-state index is -0.173. The van der Waals surface area contributed by atoms with Crippen LogP contribution in [0.1, 0.15) is 17.3 Å². The number of hydrogen-bond acceptors (Lipinski definition) is 4. The number of ether oxygens (including phenoxy) is 2. The van der Waals surface area contributed by atoms with E-state index in [1.807, 2.05) is 0 Å². The molecule has 0 aliphatic heterocycles. The summed E-state index contributed by atoms with van der Waals surface area (Å²) in [5.41, 5.74) is 0.551. The number of carbonyl (C=O) groups excluding carboxylic acids is 2. The average molecular weight is 362 g/mol. The summed E-state index contributed by atoms with van der Waals surface area (Å²) < 4.78 is 11.0. The minimum Gasteiger partial charge on any atom is -0.492 e. The van der Waals surface area contributed by atoms with Crippen LogP contribution in [0.15, 0.2) is 48.5 Å². The van der Waals surface area contributed by atoms with Crippen molar-refractivity contribution in [1.29, 1.82) is 0 Å². The summed E-state index contributed by atoms with van der Waals surface area (Å²) >= 11 is 5.81. The van der Waals surface area contributed by atoms with Gasteiger partial charge in [0.1, 0.15) is 18.1 Å². The van der Waals surface area contributed by atoms with Crippen molar-refractivity contribution in [3.63, 3.8) is 0 Å². The number of Topliss-reactive ketones (excluding diaryl/α,β-unsaturated/α-hetero) is 1. The highest BCUT2D eigenvalue weighted by Crippen LogP contribution is 2.15. The maximum Gasteiger partial charge on any atom is 0.260 e. The molecule has 2 rings (SSSR count). The lowest BCUT2D eigenvalue weighted by molar-refractivity contribution is -0.132. The van der Waals surface area contributed by atoms with Crippen molar-refractivity contribution in [3.05, 3.63) is 59.1 Å². The Kier molecular flexibility index (Phi) is 6.83. The smallest absolute Gasteiger partial charge is 0.260 e. The highest BCUT2D eigenvalue weighted by atomic mass is 35.5. The molecule has 0 heterocycles. The molecule has 0 bridgehead atoms. The Balaban J connectivity index is 1.75. The largest absolute Gasteiger partial charge is 0.492 e. The third-order valence-corrected chi connectivity index (χ3v) is 3.79. The zero-order chi connectivity index (χ0) is 18.2. The molecule has 0 atom stereocenters. The van der Waals surface area contributed by atoms with E-state index in [0.717, 1.165) is 0 Å². The number of halogens is 1. The predicted octanol–water partition coefficient (Wildman–Crippen LogP) is 3.46. The van der Waals surface area contributed by atoms with E-state index >= 15 is 0 Å². The lowest BCUT2D eigenvalue weighted by Crippen LogP contribution is -2.34. The summed E-state index contributed by atoms with van der Waals surface area (Å²) in [6, 6.07) is 13.8. The number of likely N-dealkylation sites (N-methyl/N-ethyl adjacent to an activating group) is 1. The van der Waals surface area contributed by atoms with E-state index in [2.05, 4.69) is 0 Å². The fraction of sp³-hybridized carbons (Fsp3) is 0.263. The molecule has 132 valence electrons. The van der Waals surface area contributed by atoms with Gasteiger partial charge in [-0.15, -0.1) is 0 Å². The molecule has 0 unspecified atom stereocenters. The lowest BCUT2D eigenvalue weighted by atomic mass is 10.1. The summed E-state index contributed by atoms with van der Waals surface area (Å²) in [5, 5.41) is 0.644. The molecule has 6 heteroatoms. The first-order chi connectivity index (χ1) is 12.0. The molecule has 0 saturated carbocycles. The zero-order valence-electron chi connectivity index (χ0n) is 14.2. The zero-order valence-corrected chi connectivity index (χ0v) is 15.0. The van der Waals surface area contributed by atoms with Crippen molar-refractivity contribution in [2.75, 3.05) is 26.8 Å². The van der Waals surface area contributed by atoms with Crippen molar-refractivity contribution in [2.45, 2.75) is 6.92 Å². The van der Waals surface area contributed by atoms with E-state index in [1.54, 1.807) is 55.6 Å². The van der Waals surface area contributed by atoms with Gasteiger partial charge >= 0.3 is 0 Å². The average Bonchev–Trinajstić information content (AvgIpc) is 2.61. The van der Waals surface area contributed by atoms with E-state index in [1.165, 1.54) is 11.8 Å². The molecule has 1 amide bonds. The summed E-state index contributed by atoms with van der Waals surface area (Å²) in [6.07, 6.45) is 0. The van der Waals surface area contributed by atoms with Gasteiger partial charge in [0.15, 0.2) is 12.4 Å². The molecule has 0 aliphatic rings. The first-order valence-electron chi connectivity index (χ1n) is 7.82. The van der Waals surface area contributed by atoms with E-state index in [4.69, 9.17) is 21.1 Å². The maximum absolute atomic E-state index is 12.1. The van der Waals surface area contributed by atoms with E-state index < -0.39 is 0 Å². The molecule has 0 fully saturated rings. The van der Waals surface area contributed by atoms with Crippen LogP contribution in [0, 0.1) is 0 Å². The van der Waals surface area contributed by atoms with Gasteiger partial charge < -0.3 is 14.4 Å². The van der Waals surface area contributed by atoms with Crippen LogP contribution in [-0.2, 0) is 4.79 Å². The standard InChI is InChI=1S/C19H20ClNO4/c1-14(22)15-4-3-5-18(12-15)25-13-19(23)21(2)10-11-24-17-8-6-16(20)7-9-17/h3-9,12H,10-11,13H2,1-2H3. The first kappa shape index (κ1) is 18.8. The van der Waals surface area contributed by atoms with Crippen LogP contribution < -0.4 is 9.47 Å². The van der Waals surface area contributed by atoms with Gasteiger partial charge in [-0.3, -0.25) is 9.59 Å². The second kappa shape index (κ2) is 9.08. The van der Waals surface area contributed by atoms with Crippen LogP contribution in [-0.4, -0.2) is 43.4 Å². The number of amides is 1. The summed E-state index contributed by atoms with van der Waals surface area (Å²) in [5.74, 6) is 0.968. The highest BCUT2D eigenvalue weighted by molar-refractivity contribution is 6.30. The predicted molar refractivity (Wildman–Crippen MR) is 96.5 cm³/mol. The minimum absolute atomic E-state index is 0.0479. The number of nitrogens with zero attached hydrogens (tertiary/aromatic N) is 1. The Bertz CT molecular complexity index is 730. The van der Waals surface area contributed by atoms with Gasteiger partial charge in [0.25, 0.3) is 5.91 Å². The Labute approximate surface area is 152 Å². The van der Waals surface area contributed by atoms with Crippen molar-refractivity contribution < 1.29 is 19.1 Å². The monoisotopic (exact) mass is 361 g/mol. The molecule has 2 aromatic rings. The van der Waals surface area contributed by atoms with E-state index in [0.29, 0.717) is 35.2 Å². The highest BCUT2D eigenvalue weighted by Gasteiger charge is 2.10. The molecule has 0 aliphatic carbocycles. The summed E-state index contributed by atoms with van der Waals surface area (Å²) in [4.78, 5) is 25.0. The molecule has 2 aromatic carbocycles. The normalized spacial score (nSPS) is 10.2. The Morgan fingerprint density at radius 2 is 1.76 bits per heavy atom. The van der Waals surface area contributed by atoms with Crippen molar-refractivity contribution in [1.82, 2.24) is 4.90 Å². The van der Waals surface area contributed by atoms with Gasteiger partial charge in [-0.05, 0) is 43.3 Å². The second-order valence-electron chi connectivity index (χ2n) is 5.49. The van der Waals surface area contributed by atoms with Gasteiger partial charge in [-0.1, -0.05) is 23.7 Å². The Morgan fingerprint density at radius 3 is 2.44 bits per heavy atom. The van der Waals surface area contributed by atoms with Crippen molar-refractivity contribution >= 4 is 23.3 Å². The third kappa shape index (κ3) is 6.12. The fourth-order valence-corrected chi connectivity index (χ4v) is 2.14. The third-order valence-electron chi connectivity index (χ3n) is 3.54. The van der Waals surface area contributed by atoms with Crippen molar-refractivity contribution in [2.24, 2.45) is 0 Å². The summed E-state index contributed by atoms with van der Waals surface area (Å²) in [7, 11) is 1.68. The number of benzene rings is 2. The molecule has 5 nitrogen and oxygen atoms in total. The molecule has 0 aromatic heterocycles. The van der Waals surface area contributed by atoms with Gasteiger partial charge in [-0.2, -0.15) is 0 Å². The maximum atomic E-state index is 12.1. The molecule has 25 heavy (non-hydrogen) atoms. The van der Waals surface area contributed by atoms with Gasteiger partial charge in [0.2, 0.25) is 0 Å². The second-order valence-corrected chi connectivity index (χ2v) is 5.93. The van der Waals surface area contributed by atoms with Crippen molar-refractivity contribution in [3.8, 4) is 11.5 Å². The van der Waals surface area contributed by atoms with Crippen LogP contribution in [0.2, 0.25) is 5.02 Å². The molecule has 0 spiro atoms. The van der Waals surface area contributed by atoms with Gasteiger partial charge in [-0.25, -0.2) is 0 Å². The van der Waals surface area contributed by atoms with Gasteiger partial charge in [0.05, 0.1) is 6.54 Å². The molecule has 0 N–H and O–H groups in total. The summed E-state index contributed by atoms with van der Waals surface area (Å²) in [6.45, 7) is 2.18. The van der Waals surface area contributed by atoms with Crippen LogP contribution in [0.3, 0.4) is 0 Å². The van der Waals surface area contributed by atoms with Crippen LogP contribution in [0.5, 0.6) is 11.5 Å². The number of hydrogen-bond donors (Lipinski definition) is 0. The lowest BCUT2D eigenvalue weighted by Gasteiger charge is -2.18. The Hall–Kier alpha value is -2.53. The SMILES string of the molecule is CC(=O)c1cccc(OCC(=O)N(C)CCOc2ccc(Cl)cc2)c1. The van der Waals surface area contributed by atoms with E-state index in [-0.39, 0.29) is 18.3 Å². The number of carbonyl (C=O) groups is 2. The van der Waals surface area contributed by atoms with E-state index in [9.17, 15) is 9.59 Å². The molecule has 0 saturated heterocycles. The molecular weight excluding hydrogens is 342 g/mol. The first-order valence-corrected chi connectivity index (χ1v) is 8.19. The number of ketones is 1. The van der Waals surface area contributed by atoms with Crippen LogP contribution in [0.25, 0.3) is 0 Å². The molecular formula is C19H20ClNO4. The quantitative estimate of drug-likeness (QED) is 0.676. The fourth-order valence-electron chi connectivity index (χ4n) is 2.02. The molecule has 0 radical (unpaired) electrons. The number of rotatable bonds is 8. The van der Waals surface area contributed by atoms with Crippen LogP contribution >= 0.6 is 11.6 Å².